The van der Waals surface area contributed by atoms with Crippen LogP contribution in [0.2, 0.25) is 0 Å². The number of hydrogen-bond acceptors (Lipinski definition) is 5. The van der Waals surface area contributed by atoms with E-state index >= 15 is 0 Å². The fourth-order valence-corrected chi connectivity index (χ4v) is 4.28. The van der Waals surface area contributed by atoms with Crippen molar-refractivity contribution >= 4 is 34.3 Å². The first-order valence-electron chi connectivity index (χ1n) is 9.81. The number of aromatic nitrogens is 4. The quantitative estimate of drug-likeness (QED) is 0.431. The highest BCUT2D eigenvalue weighted by molar-refractivity contribution is 7.99. The van der Waals surface area contributed by atoms with Gasteiger partial charge in [0.15, 0.2) is 11.0 Å². The summed E-state index contributed by atoms with van der Waals surface area (Å²) >= 11 is 1.42. The molecule has 1 fully saturated rings. The molecule has 0 saturated heterocycles. The SMILES string of the molecule is COc1ccc(NC(=O)CSc2nnc(-c3c[nH]c4ccccc34)n2C2CC2)cc1. The number of methoxy groups -OCH3 is 1. The topological polar surface area (TPSA) is 84.8 Å². The van der Waals surface area contributed by atoms with E-state index in [0.29, 0.717) is 6.04 Å². The van der Waals surface area contributed by atoms with Crippen molar-refractivity contribution in [1.82, 2.24) is 19.7 Å². The van der Waals surface area contributed by atoms with Gasteiger partial charge in [-0.15, -0.1) is 10.2 Å². The number of fused-ring (bicyclic) bond motifs is 1. The molecular formula is C22H21N5O2S. The van der Waals surface area contributed by atoms with Gasteiger partial charge < -0.3 is 15.0 Å². The number of H-pyrrole nitrogens is 1. The fourth-order valence-electron chi connectivity index (χ4n) is 3.48. The number of aromatic amines is 1. The number of carbonyl (C=O) groups excluding carboxylic acids is 1. The van der Waals surface area contributed by atoms with Crippen molar-refractivity contribution in [3.63, 3.8) is 0 Å². The van der Waals surface area contributed by atoms with Crippen LogP contribution in [-0.2, 0) is 4.79 Å². The molecule has 4 aromatic rings. The zero-order valence-corrected chi connectivity index (χ0v) is 17.3. The Morgan fingerprint density at radius 1 is 1.20 bits per heavy atom. The molecule has 1 aliphatic rings. The van der Waals surface area contributed by atoms with Gasteiger partial charge in [0.25, 0.3) is 0 Å². The summed E-state index contributed by atoms with van der Waals surface area (Å²) in [6, 6.07) is 15.9. The highest BCUT2D eigenvalue weighted by atomic mass is 32.2. The highest BCUT2D eigenvalue weighted by Gasteiger charge is 2.31. The monoisotopic (exact) mass is 419 g/mol. The van der Waals surface area contributed by atoms with Crippen LogP contribution >= 0.6 is 11.8 Å². The Morgan fingerprint density at radius 3 is 2.77 bits per heavy atom. The second kappa shape index (κ2) is 7.87. The molecule has 0 bridgehead atoms. The number of hydrogen-bond donors (Lipinski definition) is 2. The van der Waals surface area contributed by atoms with Crippen LogP contribution < -0.4 is 10.1 Å². The summed E-state index contributed by atoms with van der Waals surface area (Å²) in [4.78, 5) is 15.7. The molecule has 2 N–H and O–H groups in total. The van der Waals surface area contributed by atoms with Crippen molar-refractivity contribution in [2.24, 2.45) is 0 Å². The lowest BCUT2D eigenvalue weighted by atomic mass is 10.1. The third kappa shape index (κ3) is 3.66. The van der Waals surface area contributed by atoms with Crippen molar-refractivity contribution in [2.75, 3.05) is 18.2 Å². The van der Waals surface area contributed by atoms with Crippen LogP contribution in [0.1, 0.15) is 18.9 Å². The van der Waals surface area contributed by atoms with Crippen LogP contribution in [0.5, 0.6) is 5.75 Å². The lowest BCUT2D eigenvalue weighted by Crippen LogP contribution is -2.14. The second-order valence-electron chi connectivity index (χ2n) is 7.22. The van der Waals surface area contributed by atoms with E-state index in [1.54, 1.807) is 7.11 Å². The van der Waals surface area contributed by atoms with Crippen molar-refractivity contribution in [1.29, 1.82) is 0 Å². The molecule has 0 spiro atoms. The molecule has 2 aromatic carbocycles. The van der Waals surface area contributed by atoms with Gasteiger partial charge in [-0.2, -0.15) is 0 Å². The normalized spacial score (nSPS) is 13.5. The molecule has 0 aliphatic heterocycles. The summed E-state index contributed by atoms with van der Waals surface area (Å²) in [5.74, 6) is 1.80. The van der Waals surface area contributed by atoms with Crippen LogP contribution in [0.3, 0.4) is 0 Å². The molecule has 30 heavy (non-hydrogen) atoms. The molecule has 0 unspecified atom stereocenters. The van der Waals surface area contributed by atoms with Gasteiger partial charge in [-0.25, -0.2) is 0 Å². The first-order valence-corrected chi connectivity index (χ1v) is 10.8. The number of rotatable bonds is 7. The van der Waals surface area contributed by atoms with Gasteiger partial charge in [0, 0.05) is 34.4 Å². The number of anilines is 1. The summed E-state index contributed by atoms with van der Waals surface area (Å²) in [5.41, 5.74) is 2.86. The number of thioether (sulfide) groups is 1. The van der Waals surface area contributed by atoms with E-state index in [1.807, 2.05) is 42.6 Å². The first-order chi connectivity index (χ1) is 14.7. The number of para-hydroxylation sites is 1. The summed E-state index contributed by atoms with van der Waals surface area (Å²) in [7, 11) is 1.62. The van der Waals surface area contributed by atoms with Gasteiger partial charge in [0.1, 0.15) is 5.75 Å². The first kappa shape index (κ1) is 18.7. The van der Waals surface area contributed by atoms with Gasteiger partial charge in [-0.1, -0.05) is 30.0 Å². The highest BCUT2D eigenvalue weighted by Crippen LogP contribution is 2.42. The molecule has 8 heteroatoms. The zero-order valence-electron chi connectivity index (χ0n) is 16.5. The largest absolute Gasteiger partial charge is 0.497 e. The molecular weight excluding hydrogens is 398 g/mol. The summed E-state index contributed by atoms with van der Waals surface area (Å²) in [6.07, 6.45) is 4.20. The van der Waals surface area contributed by atoms with E-state index in [9.17, 15) is 4.79 Å². The lowest BCUT2D eigenvalue weighted by molar-refractivity contribution is -0.113. The van der Waals surface area contributed by atoms with Gasteiger partial charge >= 0.3 is 0 Å². The molecule has 2 aromatic heterocycles. The van der Waals surface area contributed by atoms with Gasteiger partial charge in [-0.05, 0) is 43.2 Å². The molecule has 5 rings (SSSR count). The molecule has 1 saturated carbocycles. The van der Waals surface area contributed by atoms with Gasteiger partial charge in [-0.3, -0.25) is 9.36 Å². The smallest absolute Gasteiger partial charge is 0.234 e. The predicted octanol–water partition coefficient (Wildman–Crippen LogP) is 4.50. The molecule has 1 aliphatic carbocycles. The minimum atomic E-state index is -0.0795. The third-order valence-corrected chi connectivity index (χ3v) is 6.06. The third-order valence-electron chi connectivity index (χ3n) is 5.11. The predicted molar refractivity (Wildman–Crippen MR) is 118 cm³/mol. The van der Waals surface area contributed by atoms with E-state index in [2.05, 4.69) is 37.2 Å². The molecule has 7 nitrogen and oxygen atoms in total. The summed E-state index contributed by atoms with van der Waals surface area (Å²) < 4.78 is 7.33. The Morgan fingerprint density at radius 2 is 2.00 bits per heavy atom. The molecule has 152 valence electrons. The molecule has 1 amide bonds. The van der Waals surface area contributed by atoms with Crippen molar-refractivity contribution in [3.8, 4) is 17.1 Å². The van der Waals surface area contributed by atoms with Crippen molar-refractivity contribution in [3.05, 3.63) is 54.7 Å². The maximum Gasteiger partial charge on any atom is 0.234 e. The average molecular weight is 420 g/mol. The van der Waals surface area contributed by atoms with Crippen LogP contribution in [0, 0.1) is 0 Å². The number of nitrogens with zero attached hydrogens (tertiary/aromatic N) is 3. The Balaban J connectivity index is 1.33. The van der Waals surface area contributed by atoms with Crippen molar-refractivity contribution in [2.45, 2.75) is 24.0 Å². The molecule has 0 radical (unpaired) electrons. The Bertz CT molecular complexity index is 1190. The minimum Gasteiger partial charge on any atom is -0.497 e. The van der Waals surface area contributed by atoms with E-state index in [4.69, 9.17) is 4.74 Å². The number of nitrogens with one attached hydrogen (secondary N) is 2. The number of benzene rings is 2. The van der Waals surface area contributed by atoms with E-state index in [1.165, 1.54) is 11.8 Å². The lowest BCUT2D eigenvalue weighted by Gasteiger charge is -2.09. The molecule has 0 atom stereocenters. The van der Waals surface area contributed by atoms with Crippen molar-refractivity contribution < 1.29 is 9.53 Å². The van der Waals surface area contributed by atoms with Crippen LogP contribution in [-0.4, -0.2) is 38.5 Å². The van der Waals surface area contributed by atoms with Crippen LogP contribution in [0.4, 0.5) is 5.69 Å². The zero-order chi connectivity index (χ0) is 20.5. The molecule has 2 heterocycles. The van der Waals surface area contributed by atoms with Crippen LogP contribution in [0.15, 0.2) is 59.9 Å². The number of amides is 1. The summed E-state index contributed by atoms with van der Waals surface area (Å²) in [5, 5.41) is 13.7. The van der Waals surface area contributed by atoms with Gasteiger partial charge in [0.05, 0.1) is 12.9 Å². The van der Waals surface area contributed by atoms with Gasteiger partial charge in [0.2, 0.25) is 5.91 Å². The fraction of sp³-hybridized carbons (Fsp3) is 0.227. The minimum absolute atomic E-state index is 0.0795. The second-order valence-corrected chi connectivity index (χ2v) is 8.16. The Kier molecular flexibility index (Phi) is 4.92. The maximum absolute atomic E-state index is 12.4. The standard InChI is InChI=1S/C22H21N5O2S/c1-29-16-10-6-14(7-11-16)24-20(28)13-30-22-26-25-21(27(22)15-8-9-15)18-12-23-19-5-3-2-4-17(18)19/h2-7,10-12,15,23H,8-9,13H2,1H3,(H,24,28). The number of carbonyl (C=O) groups is 1. The van der Waals surface area contributed by atoms with E-state index in [0.717, 1.165) is 51.7 Å². The van der Waals surface area contributed by atoms with E-state index < -0.39 is 0 Å². The Hall–Kier alpha value is -3.26. The van der Waals surface area contributed by atoms with E-state index in [-0.39, 0.29) is 11.7 Å². The maximum atomic E-state index is 12.4. The summed E-state index contributed by atoms with van der Waals surface area (Å²) in [6.45, 7) is 0. The number of ether oxygens (including phenoxy) is 1. The average Bonchev–Trinajstić information content (AvgIpc) is 3.38. The van der Waals surface area contributed by atoms with Crippen LogP contribution in [0.25, 0.3) is 22.3 Å². The Labute approximate surface area is 177 Å².